The molecule has 132 valence electrons. The summed E-state index contributed by atoms with van der Waals surface area (Å²) in [5.74, 6) is -0.656. The van der Waals surface area contributed by atoms with Gasteiger partial charge < -0.3 is 4.90 Å². The highest BCUT2D eigenvalue weighted by atomic mass is 32.2. The van der Waals surface area contributed by atoms with Crippen LogP contribution in [0, 0.1) is 5.82 Å². The summed E-state index contributed by atoms with van der Waals surface area (Å²) < 4.78 is 38.3. The molecule has 0 saturated heterocycles. The molecule has 0 spiro atoms. The van der Waals surface area contributed by atoms with Crippen LogP contribution in [0.25, 0.3) is 0 Å². The van der Waals surface area contributed by atoms with Crippen LogP contribution < -0.4 is 4.90 Å². The van der Waals surface area contributed by atoms with Crippen molar-refractivity contribution in [2.24, 2.45) is 0 Å². The minimum Gasteiger partial charge on any atom is -0.311 e. The van der Waals surface area contributed by atoms with Crippen LogP contribution in [-0.2, 0) is 27.8 Å². The first-order chi connectivity index (χ1) is 11.8. The quantitative estimate of drug-likeness (QED) is 0.819. The van der Waals surface area contributed by atoms with Crippen LogP contribution >= 0.6 is 0 Å². The Bertz CT molecular complexity index is 881. The van der Waals surface area contributed by atoms with Gasteiger partial charge in [-0.05, 0) is 35.7 Å². The van der Waals surface area contributed by atoms with E-state index in [0.717, 1.165) is 28.2 Å². The molecule has 0 N–H and O–H groups in total. The van der Waals surface area contributed by atoms with Crippen LogP contribution in [0.5, 0.6) is 0 Å². The highest BCUT2D eigenvalue weighted by Crippen LogP contribution is 2.27. The molecule has 0 aliphatic carbocycles. The highest BCUT2D eigenvalue weighted by molar-refractivity contribution is 7.88. The standard InChI is InChI=1S/C18H19FN2O3S/c1-25(23,24)20(12-14-6-8-16(19)9-7-14)13-18(22)21-11-10-15-4-2-3-5-17(15)21/h2-9H,10-13H2,1H3. The first-order valence-corrected chi connectivity index (χ1v) is 9.77. The van der Waals surface area contributed by atoms with E-state index in [9.17, 15) is 17.6 Å². The van der Waals surface area contributed by atoms with Gasteiger partial charge in [-0.1, -0.05) is 30.3 Å². The Hall–Kier alpha value is -2.25. The number of halogens is 1. The van der Waals surface area contributed by atoms with Crippen LogP contribution in [0.2, 0.25) is 0 Å². The Labute approximate surface area is 146 Å². The van der Waals surface area contributed by atoms with Gasteiger partial charge in [0.15, 0.2) is 0 Å². The molecule has 5 nitrogen and oxygen atoms in total. The summed E-state index contributed by atoms with van der Waals surface area (Å²) in [6, 6.07) is 13.2. The van der Waals surface area contributed by atoms with Crippen LogP contribution in [0.1, 0.15) is 11.1 Å². The zero-order valence-corrected chi connectivity index (χ0v) is 14.7. The number of carbonyl (C=O) groups is 1. The van der Waals surface area contributed by atoms with Crippen LogP contribution in [-0.4, -0.2) is 38.0 Å². The monoisotopic (exact) mass is 362 g/mol. The zero-order valence-electron chi connectivity index (χ0n) is 13.9. The molecule has 0 unspecified atom stereocenters. The number of nitrogens with zero attached hydrogens (tertiary/aromatic N) is 2. The molecule has 25 heavy (non-hydrogen) atoms. The van der Waals surface area contributed by atoms with E-state index >= 15 is 0 Å². The first-order valence-electron chi connectivity index (χ1n) is 7.92. The second-order valence-corrected chi connectivity index (χ2v) is 8.06. The molecule has 2 aromatic rings. The van der Waals surface area contributed by atoms with Gasteiger partial charge >= 0.3 is 0 Å². The average molecular weight is 362 g/mol. The van der Waals surface area contributed by atoms with Gasteiger partial charge in [0.1, 0.15) is 5.82 Å². The number of para-hydroxylation sites is 1. The SMILES string of the molecule is CS(=O)(=O)N(CC(=O)N1CCc2ccccc21)Cc1ccc(F)cc1. The van der Waals surface area contributed by atoms with Gasteiger partial charge in [-0.25, -0.2) is 12.8 Å². The number of benzene rings is 2. The topological polar surface area (TPSA) is 57.7 Å². The number of hydrogen-bond acceptors (Lipinski definition) is 3. The third kappa shape index (κ3) is 4.05. The third-order valence-corrected chi connectivity index (χ3v) is 5.44. The van der Waals surface area contributed by atoms with E-state index in [2.05, 4.69) is 0 Å². The van der Waals surface area contributed by atoms with Crippen molar-refractivity contribution in [3.63, 3.8) is 0 Å². The molecule has 3 rings (SSSR count). The van der Waals surface area contributed by atoms with Crippen LogP contribution in [0.3, 0.4) is 0 Å². The number of rotatable bonds is 5. The molecule has 0 fully saturated rings. The molecule has 2 aromatic carbocycles. The van der Waals surface area contributed by atoms with E-state index in [0.29, 0.717) is 12.1 Å². The van der Waals surface area contributed by atoms with Crippen molar-refractivity contribution in [3.05, 3.63) is 65.5 Å². The third-order valence-electron chi connectivity index (χ3n) is 4.24. The summed E-state index contributed by atoms with van der Waals surface area (Å²) >= 11 is 0. The molecule has 0 radical (unpaired) electrons. The first kappa shape index (κ1) is 17.6. The van der Waals surface area contributed by atoms with E-state index in [1.54, 1.807) is 4.90 Å². The molecule has 1 heterocycles. The molecular formula is C18H19FN2O3S. The lowest BCUT2D eigenvalue weighted by molar-refractivity contribution is -0.118. The Kier molecular flexibility index (Phi) is 4.87. The minimum atomic E-state index is -3.58. The van der Waals surface area contributed by atoms with Crippen LogP contribution in [0.15, 0.2) is 48.5 Å². The number of amides is 1. The van der Waals surface area contributed by atoms with Crippen molar-refractivity contribution in [1.82, 2.24) is 4.31 Å². The fourth-order valence-corrected chi connectivity index (χ4v) is 3.65. The van der Waals surface area contributed by atoms with Crippen molar-refractivity contribution in [2.45, 2.75) is 13.0 Å². The predicted molar refractivity (Wildman–Crippen MR) is 94.2 cm³/mol. The maximum absolute atomic E-state index is 13.0. The summed E-state index contributed by atoms with van der Waals surface area (Å²) in [5.41, 5.74) is 2.55. The van der Waals surface area contributed by atoms with E-state index < -0.39 is 10.0 Å². The normalized spacial score (nSPS) is 14.0. The lowest BCUT2D eigenvalue weighted by Crippen LogP contribution is -2.41. The number of sulfonamides is 1. The van der Waals surface area contributed by atoms with Gasteiger partial charge in [0.25, 0.3) is 0 Å². The van der Waals surface area contributed by atoms with E-state index in [4.69, 9.17) is 0 Å². The van der Waals surface area contributed by atoms with Crippen molar-refractivity contribution in [3.8, 4) is 0 Å². The number of anilines is 1. The number of fused-ring (bicyclic) bond motifs is 1. The van der Waals surface area contributed by atoms with Gasteiger partial charge in [-0.15, -0.1) is 0 Å². The summed E-state index contributed by atoms with van der Waals surface area (Å²) in [5, 5.41) is 0. The molecule has 0 atom stereocenters. The number of hydrogen-bond donors (Lipinski definition) is 0. The lowest BCUT2D eigenvalue weighted by Gasteiger charge is -2.23. The second kappa shape index (κ2) is 6.93. The number of carbonyl (C=O) groups excluding carboxylic acids is 1. The van der Waals surface area contributed by atoms with Crippen molar-refractivity contribution >= 4 is 21.6 Å². The van der Waals surface area contributed by atoms with Crippen molar-refractivity contribution in [2.75, 3.05) is 24.2 Å². The second-order valence-electron chi connectivity index (χ2n) is 6.08. The zero-order chi connectivity index (χ0) is 18.0. The summed E-state index contributed by atoms with van der Waals surface area (Å²) in [6.45, 7) is 0.331. The van der Waals surface area contributed by atoms with Crippen LogP contribution in [0.4, 0.5) is 10.1 Å². The van der Waals surface area contributed by atoms with Gasteiger partial charge in [0.2, 0.25) is 15.9 Å². The molecule has 1 amide bonds. The Balaban J connectivity index is 1.77. The molecule has 7 heteroatoms. The Morgan fingerprint density at radius 3 is 2.52 bits per heavy atom. The Morgan fingerprint density at radius 2 is 1.84 bits per heavy atom. The fourth-order valence-electron chi connectivity index (χ4n) is 2.92. The molecule has 0 aromatic heterocycles. The van der Waals surface area contributed by atoms with Gasteiger partial charge in [-0.3, -0.25) is 4.79 Å². The average Bonchev–Trinajstić information content (AvgIpc) is 2.99. The predicted octanol–water partition coefficient (Wildman–Crippen LogP) is 2.18. The van der Waals surface area contributed by atoms with Gasteiger partial charge in [0, 0.05) is 18.8 Å². The minimum absolute atomic E-state index is 0.0281. The van der Waals surface area contributed by atoms with Crippen molar-refractivity contribution < 1.29 is 17.6 Å². The van der Waals surface area contributed by atoms with Crippen molar-refractivity contribution in [1.29, 1.82) is 0 Å². The van der Waals surface area contributed by atoms with E-state index in [-0.39, 0.29) is 24.8 Å². The maximum atomic E-state index is 13.0. The molecule has 1 aliphatic rings. The molecule has 0 saturated carbocycles. The smallest absolute Gasteiger partial charge is 0.242 e. The summed E-state index contributed by atoms with van der Waals surface area (Å²) in [7, 11) is -3.58. The summed E-state index contributed by atoms with van der Waals surface area (Å²) in [6.07, 6.45) is 1.83. The largest absolute Gasteiger partial charge is 0.311 e. The fraction of sp³-hybridized carbons (Fsp3) is 0.278. The maximum Gasteiger partial charge on any atom is 0.242 e. The molecular weight excluding hydrogens is 343 g/mol. The Morgan fingerprint density at radius 1 is 1.16 bits per heavy atom. The molecule has 1 aliphatic heterocycles. The van der Waals surface area contributed by atoms with E-state index in [1.807, 2.05) is 24.3 Å². The molecule has 0 bridgehead atoms. The van der Waals surface area contributed by atoms with E-state index in [1.165, 1.54) is 24.3 Å². The highest BCUT2D eigenvalue weighted by Gasteiger charge is 2.28. The lowest BCUT2D eigenvalue weighted by atomic mass is 10.2. The van der Waals surface area contributed by atoms with Gasteiger partial charge in [0.05, 0.1) is 12.8 Å². The van der Waals surface area contributed by atoms with Gasteiger partial charge in [-0.2, -0.15) is 4.31 Å². The summed E-state index contributed by atoms with van der Waals surface area (Å²) in [4.78, 5) is 14.3.